The number of carbonyl (C=O) groups is 2. The number of hydrogen-bond acceptors (Lipinski definition) is 3. The fraction of sp³-hybridized carbons (Fsp3) is 0.643. The summed E-state index contributed by atoms with van der Waals surface area (Å²) in [5.74, 6) is -0.0511. The zero-order valence-electron chi connectivity index (χ0n) is 12.1. The second-order valence-corrected chi connectivity index (χ2v) is 5.06. The molecular weight excluding hydrogens is 256 g/mol. The van der Waals surface area contributed by atoms with Crippen LogP contribution < -0.4 is 5.32 Å². The molecule has 0 aromatic carbocycles. The maximum absolute atomic E-state index is 12.4. The van der Waals surface area contributed by atoms with Gasteiger partial charge in [0.25, 0.3) is 5.91 Å². The van der Waals surface area contributed by atoms with Crippen LogP contribution in [0.1, 0.15) is 37.2 Å². The average molecular weight is 278 g/mol. The van der Waals surface area contributed by atoms with Gasteiger partial charge in [-0.25, -0.2) is 0 Å². The van der Waals surface area contributed by atoms with Crippen molar-refractivity contribution in [3.63, 3.8) is 0 Å². The number of hydrogen-bond donors (Lipinski definition) is 1. The van der Waals surface area contributed by atoms with Crippen molar-refractivity contribution in [2.75, 3.05) is 19.6 Å². The van der Waals surface area contributed by atoms with Gasteiger partial charge in [0, 0.05) is 32.4 Å². The molecule has 6 nitrogen and oxygen atoms in total. The van der Waals surface area contributed by atoms with Gasteiger partial charge >= 0.3 is 0 Å². The van der Waals surface area contributed by atoms with E-state index in [1.54, 1.807) is 21.8 Å². The highest BCUT2D eigenvalue weighted by molar-refractivity contribution is 5.93. The van der Waals surface area contributed by atoms with E-state index >= 15 is 0 Å². The lowest BCUT2D eigenvalue weighted by Gasteiger charge is -2.17. The second-order valence-electron chi connectivity index (χ2n) is 5.06. The third kappa shape index (κ3) is 3.00. The maximum atomic E-state index is 12.4. The molecule has 1 aliphatic heterocycles. The van der Waals surface area contributed by atoms with Gasteiger partial charge < -0.3 is 10.2 Å². The van der Waals surface area contributed by atoms with E-state index in [-0.39, 0.29) is 17.7 Å². The fourth-order valence-electron chi connectivity index (χ4n) is 2.48. The van der Waals surface area contributed by atoms with Crippen molar-refractivity contribution in [2.24, 2.45) is 5.92 Å². The summed E-state index contributed by atoms with van der Waals surface area (Å²) >= 11 is 0. The molecule has 1 aromatic rings. The summed E-state index contributed by atoms with van der Waals surface area (Å²) in [4.78, 5) is 26.1. The Labute approximate surface area is 119 Å². The molecule has 6 heteroatoms. The van der Waals surface area contributed by atoms with Crippen molar-refractivity contribution in [1.82, 2.24) is 20.0 Å². The number of likely N-dealkylation sites (tertiary alicyclic amines) is 1. The van der Waals surface area contributed by atoms with Gasteiger partial charge in [0.05, 0.1) is 5.92 Å². The molecule has 20 heavy (non-hydrogen) atoms. The van der Waals surface area contributed by atoms with E-state index in [0.29, 0.717) is 31.9 Å². The summed E-state index contributed by atoms with van der Waals surface area (Å²) in [6, 6.07) is 1.73. The van der Waals surface area contributed by atoms with Gasteiger partial charge in [0.1, 0.15) is 5.69 Å². The van der Waals surface area contributed by atoms with E-state index in [2.05, 4.69) is 10.4 Å². The summed E-state index contributed by atoms with van der Waals surface area (Å²) in [6.07, 6.45) is 3.30. The van der Waals surface area contributed by atoms with Crippen molar-refractivity contribution in [1.29, 1.82) is 0 Å². The Bertz CT molecular complexity index is 483. The number of aryl methyl sites for hydroxylation is 1. The van der Waals surface area contributed by atoms with Crippen molar-refractivity contribution in [3.8, 4) is 0 Å². The molecule has 1 N–H and O–H groups in total. The first kappa shape index (κ1) is 14.6. The van der Waals surface area contributed by atoms with Crippen LogP contribution in [0.4, 0.5) is 0 Å². The molecule has 2 heterocycles. The van der Waals surface area contributed by atoms with Crippen molar-refractivity contribution >= 4 is 11.8 Å². The quantitative estimate of drug-likeness (QED) is 0.870. The smallest absolute Gasteiger partial charge is 0.272 e. The minimum absolute atomic E-state index is 0.0323. The van der Waals surface area contributed by atoms with Crippen LogP contribution in [0.5, 0.6) is 0 Å². The molecule has 1 fully saturated rings. The van der Waals surface area contributed by atoms with E-state index in [1.807, 2.05) is 13.8 Å². The molecule has 0 unspecified atom stereocenters. The number of amides is 2. The monoisotopic (exact) mass is 278 g/mol. The van der Waals surface area contributed by atoms with Gasteiger partial charge in [0.2, 0.25) is 5.91 Å². The first-order valence-electron chi connectivity index (χ1n) is 7.26. The van der Waals surface area contributed by atoms with Crippen LogP contribution in [0.3, 0.4) is 0 Å². The number of rotatable bonds is 5. The molecule has 0 spiro atoms. The molecular formula is C14H22N4O2. The molecule has 1 aliphatic rings. The average Bonchev–Trinajstić information content (AvgIpc) is 3.12. The number of nitrogens with one attached hydrogen (secondary N) is 1. The Morgan fingerprint density at radius 2 is 2.25 bits per heavy atom. The Morgan fingerprint density at radius 1 is 1.45 bits per heavy atom. The van der Waals surface area contributed by atoms with Crippen LogP contribution in [0.25, 0.3) is 0 Å². The van der Waals surface area contributed by atoms with Crippen LogP contribution in [0, 0.1) is 5.92 Å². The minimum Gasteiger partial charge on any atom is -0.356 e. The molecule has 0 saturated carbocycles. The van der Waals surface area contributed by atoms with Gasteiger partial charge in [-0.05, 0) is 25.8 Å². The molecule has 0 bridgehead atoms. The van der Waals surface area contributed by atoms with E-state index < -0.39 is 0 Å². The zero-order chi connectivity index (χ0) is 14.5. The Morgan fingerprint density at radius 3 is 2.95 bits per heavy atom. The van der Waals surface area contributed by atoms with Gasteiger partial charge in [-0.1, -0.05) is 6.92 Å². The van der Waals surface area contributed by atoms with Crippen LogP contribution in [0.15, 0.2) is 12.3 Å². The highest BCUT2D eigenvalue weighted by Gasteiger charge is 2.32. The van der Waals surface area contributed by atoms with Gasteiger partial charge in [0.15, 0.2) is 0 Å². The van der Waals surface area contributed by atoms with E-state index in [4.69, 9.17) is 0 Å². The molecule has 1 aromatic heterocycles. The predicted molar refractivity (Wildman–Crippen MR) is 75.2 cm³/mol. The number of nitrogens with zero attached hydrogens (tertiary/aromatic N) is 3. The molecule has 2 rings (SSSR count). The summed E-state index contributed by atoms with van der Waals surface area (Å²) in [5, 5.41) is 7.01. The first-order valence-corrected chi connectivity index (χ1v) is 7.26. The van der Waals surface area contributed by atoms with E-state index in [1.165, 1.54) is 0 Å². The SMILES string of the molecule is CCCNC(=O)[C@H]1CCN(C(=O)c2ccnn2CC)C1. The molecule has 1 atom stereocenters. The lowest BCUT2D eigenvalue weighted by Crippen LogP contribution is -2.35. The molecule has 0 radical (unpaired) electrons. The maximum Gasteiger partial charge on any atom is 0.272 e. The summed E-state index contributed by atoms with van der Waals surface area (Å²) in [5.41, 5.74) is 0.599. The summed E-state index contributed by atoms with van der Waals surface area (Å²) in [7, 11) is 0. The first-order chi connectivity index (χ1) is 9.67. The highest BCUT2D eigenvalue weighted by atomic mass is 16.2. The molecule has 1 saturated heterocycles. The largest absolute Gasteiger partial charge is 0.356 e. The number of carbonyl (C=O) groups excluding carboxylic acids is 2. The van der Waals surface area contributed by atoms with Crippen LogP contribution in [-0.2, 0) is 11.3 Å². The van der Waals surface area contributed by atoms with Crippen molar-refractivity contribution < 1.29 is 9.59 Å². The topological polar surface area (TPSA) is 67.2 Å². The zero-order valence-corrected chi connectivity index (χ0v) is 12.1. The second kappa shape index (κ2) is 6.54. The fourth-order valence-corrected chi connectivity index (χ4v) is 2.48. The standard InChI is InChI=1S/C14H22N4O2/c1-3-7-15-13(19)11-6-9-17(10-11)14(20)12-5-8-16-18(12)4-2/h5,8,11H,3-4,6-7,9-10H2,1-2H3,(H,15,19)/t11-/m0/s1. The van der Waals surface area contributed by atoms with Crippen molar-refractivity contribution in [3.05, 3.63) is 18.0 Å². The lowest BCUT2D eigenvalue weighted by molar-refractivity contribution is -0.124. The Hall–Kier alpha value is -1.85. The van der Waals surface area contributed by atoms with Crippen LogP contribution in [-0.4, -0.2) is 46.1 Å². The Balaban J connectivity index is 1.95. The van der Waals surface area contributed by atoms with E-state index in [9.17, 15) is 9.59 Å². The van der Waals surface area contributed by atoms with Gasteiger partial charge in [-0.15, -0.1) is 0 Å². The van der Waals surface area contributed by atoms with Crippen LogP contribution in [0.2, 0.25) is 0 Å². The predicted octanol–water partition coefficient (Wildman–Crippen LogP) is 0.891. The molecule has 2 amide bonds. The summed E-state index contributed by atoms with van der Waals surface area (Å²) < 4.78 is 1.69. The van der Waals surface area contributed by atoms with Gasteiger partial charge in [-0.2, -0.15) is 5.10 Å². The normalized spacial score (nSPS) is 18.3. The van der Waals surface area contributed by atoms with E-state index in [0.717, 1.165) is 12.8 Å². The minimum atomic E-state index is -0.0801. The van der Waals surface area contributed by atoms with Crippen molar-refractivity contribution in [2.45, 2.75) is 33.2 Å². The number of aromatic nitrogens is 2. The van der Waals surface area contributed by atoms with Crippen LogP contribution >= 0.6 is 0 Å². The third-order valence-electron chi connectivity index (χ3n) is 3.63. The molecule has 0 aliphatic carbocycles. The Kier molecular flexibility index (Phi) is 4.76. The molecule has 110 valence electrons. The van der Waals surface area contributed by atoms with Gasteiger partial charge in [-0.3, -0.25) is 14.3 Å². The third-order valence-corrected chi connectivity index (χ3v) is 3.63. The lowest BCUT2D eigenvalue weighted by atomic mass is 10.1. The summed E-state index contributed by atoms with van der Waals surface area (Å²) in [6.45, 7) is 6.49. The highest BCUT2D eigenvalue weighted by Crippen LogP contribution is 2.19.